The predicted molar refractivity (Wildman–Crippen MR) is 76.2 cm³/mol. The van der Waals surface area contributed by atoms with E-state index in [1.807, 2.05) is 0 Å². The van der Waals surface area contributed by atoms with Crippen molar-refractivity contribution in [1.82, 2.24) is 10.3 Å². The Morgan fingerprint density at radius 1 is 1.20 bits per heavy atom. The van der Waals surface area contributed by atoms with Crippen LogP contribution in [0.4, 0.5) is 0 Å². The number of hydrogen-bond donors (Lipinski definition) is 1. The summed E-state index contributed by atoms with van der Waals surface area (Å²) in [5.74, 6) is 0.617. The van der Waals surface area contributed by atoms with Gasteiger partial charge in [-0.05, 0) is 37.4 Å². The van der Waals surface area contributed by atoms with Crippen molar-refractivity contribution < 1.29 is 13.2 Å². The van der Waals surface area contributed by atoms with E-state index in [0.29, 0.717) is 11.3 Å². The van der Waals surface area contributed by atoms with Gasteiger partial charge >= 0.3 is 0 Å². The van der Waals surface area contributed by atoms with Gasteiger partial charge in [-0.3, -0.25) is 4.98 Å². The lowest BCUT2D eigenvalue weighted by Gasteiger charge is -2.17. The highest BCUT2D eigenvalue weighted by Gasteiger charge is 2.27. The van der Waals surface area contributed by atoms with Crippen molar-refractivity contribution in [2.45, 2.75) is 10.3 Å². The largest absolute Gasteiger partial charge is 0.497 e. The lowest BCUT2D eigenvalue weighted by molar-refractivity contribution is 0.414. The van der Waals surface area contributed by atoms with E-state index in [1.54, 1.807) is 43.7 Å². The summed E-state index contributed by atoms with van der Waals surface area (Å²) < 4.78 is 30.3. The standard InChI is InChI=1S/C14H16N2O3S/c1-15-14(11-4-3-9-16-10-11)20(17,18)13-7-5-12(19-2)6-8-13/h3-10,14-15H,1-2H3. The SMILES string of the molecule is CNC(c1cccnc1)S(=O)(=O)c1ccc(OC)cc1. The van der Waals surface area contributed by atoms with Crippen molar-refractivity contribution in [3.63, 3.8) is 0 Å². The molecular weight excluding hydrogens is 276 g/mol. The number of hydrogen-bond acceptors (Lipinski definition) is 5. The van der Waals surface area contributed by atoms with Crippen LogP contribution in [0.3, 0.4) is 0 Å². The van der Waals surface area contributed by atoms with Crippen LogP contribution < -0.4 is 10.1 Å². The molecule has 5 nitrogen and oxygen atoms in total. The number of nitrogens with zero attached hydrogens (tertiary/aromatic N) is 1. The number of sulfone groups is 1. The minimum atomic E-state index is -3.54. The van der Waals surface area contributed by atoms with Crippen LogP contribution in [0.15, 0.2) is 53.7 Å². The molecule has 0 bridgehead atoms. The Kier molecular flexibility index (Phi) is 4.36. The summed E-state index contributed by atoms with van der Waals surface area (Å²) >= 11 is 0. The van der Waals surface area contributed by atoms with Crippen LogP contribution in [-0.2, 0) is 9.84 Å². The van der Waals surface area contributed by atoms with E-state index < -0.39 is 15.2 Å². The molecule has 1 N–H and O–H groups in total. The molecule has 1 aromatic carbocycles. The fourth-order valence-corrected chi connectivity index (χ4v) is 3.53. The van der Waals surface area contributed by atoms with Gasteiger partial charge < -0.3 is 10.1 Å². The Bertz CT molecular complexity index is 655. The average Bonchev–Trinajstić information content (AvgIpc) is 2.49. The fraction of sp³-hybridized carbons (Fsp3) is 0.214. The summed E-state index contributed by atoms with van der Waals surface area (Å²) in [5.41, 5.74) is 0.603. The number of aromatic nitrogens is 1. The molecule has 0 fully saturated rings. The molecule has 0 saturated carbocycles. The van der Waals surface area contributed by atoms with Crippen LogP contribution in [0.1, 0.15) is 10.9 Å². The van der Waals surface area contributed by atoms with Gasteiger partial charge in [0, 0.05) is 18.0 Å². The maximum Gasteiger partial charge on any atom is 0.198 e. The Labute approximate surface area is 118 Å². The second-order valence-electron chi connectivity index (χ2n) is 4.18. The lowest BCUT2D eigenvalue weighted by atomic mass is 10.3. The molecule has 0 amide bonds. The van der Waals surface area contributed by atoms with Gasteiger partial charge in [-0.2, -0.15) is 0 Å². The molecular formula is C14H16N2O3S. The second-order valence-corrected chi connectivity index (χ2v) is 6.21. The molecule has 0 spiro atoms. The molecule has 1 heterocycles. The van der Waals surface area contributed by atoms with Crippen LogP contribution in [0.2, 0.25) is 0 Å². The number of methoxy groups -OCH3 is 1. The summed E-state index contributed by atoms with van der Waals surface area (Å²) in [4.78, 5) is 4.20. The number of benzene rings is 1. The van der Waals surface area contributed by atoms with Crippen molar-refractivity contribution in [1.29, 1.82) is 0 Å². The maximum atomic E-state index is 12.6. The molecule has 20 heavy (non-hydrogen) atoms. The van der Waals surface area contributed by atoms with Gasteiger partial charge in [0.25, 0.3) is 0 Å². The summed E-state index contributed by atoms with van der Waals surface area (Å²) in [6.07, 6.45) is 3.15. The first kappa shape index (κ1) is 14.5. The Morgan fingerprint density at radius 3 is 2.40 bits per heavy atom. The molecule has 2 rings (SSSR count). The number of nitrogens with one attached hydrogen (secondary N) is 1. The number of rotatable bonds is 5. The highest BCUT2D eigenvalue weighted by atomic mass is 32.2. The van der Waals surface area contributed by atoms with Crippen LogP contribution in [0, 0.1) is 0 Å². The summed E-state index contributed by atoms with van der Waals surface area (Å²) in [7, 11) is -0.389. The topological polar surface area (TPSA) is 68.3 Å². The minimum absolute atomic E-state index is 0.238. The third-order valence-electron chi connectivity index (χ3n) is 2.95. The third kappa shape index (κ3) is 2.81. The normalized spacial score (nSPS) is 12.9. The molecule has 0 aliphatic carbocycles. The van der Waals surface area contributed by atoms with Crippen LogP contribution in [0.25, 0.3) is 0 Å². The molecule has 0 aliphatic heterocycles. The molecule has 0 radical (unpaired) electrons. The molecule has 106 valence electrons. The first-order chi connectivity index (χ1) is 9.59. The monoisotopic (exact) mass is 292 g/mol. The molecule has 1 atom stereocenters. The van der Waals surface area contributed by atoms with E-state index in [-0.39, 0.29) is 4.90 Å². The summed E-state index contributed by atoms with van der Waals surface area (Å²) in [5, 5.41) is 2.00. The van der Waals surface area contributed by atoms with Crippen molar-refractivity contribution in [2.24, 2.45) is 0 Å². The van der Waals surface area contributed by atoms with Gasteiger partial charge in [0.2, 0.25) is 0 Å². The quantitative estimate of drug-likeness (QED) is 0.910. The number of pyridine rings is 1. The van der Waals surface area contributed by atoms with Crippen LogP contribution in [-0.4, -0.2) is 27.6 Å². The van der Waals surface area contributed by atoms with E-state index in [9.17, 15) is 8.42 Å². The lowest BCUT2D eigenvalue weighted by Crippen LogP contribution is -2.25. The van der Waals surface area contributed by atoms with Gasteiger partial charge in [0.15, 0.2) is 9.84 Å². The molecule has 0 saturated heterocycles. The highest BCUT2D eigenvalue weighted by Crippen LogP contribution is 2.27. The first-order valence-corrected chi connectivity index (χ1v) is 7.59. The number of ether oxygens (including phenoxy) is 1. The first-order valence-electron chi connectivity index (χ1n) is 6.04. The molecule has 6 heteroatoms. The zero-order valence-corrected chi connectivity index (χ0v) is 12.1. The molecule has 1 aromatic heterocycles. The third-order valence-corrected chi connectivity index (χ3v) is 5.01. The Morgan fingerprint density at radius 2 is 1.90 bits per heavy atom. The van der Waals surface area contributed by atoms with E-state index in [4.69, 9.17) is 4.74 Å². The van der Waals surface area contributed by atoms with Crippen LogP contribution in [0.5, 0.6) is 5.75 Å². The summed E-state index contributed by atoms with van der Waals surface area (Å²) in [6.45, 7) is 0. The Balaban J connectivity index is 2.41. The van der Waals surface area contributed by atoms with E-state index in [2.05, 4.69) is 10.3 Å². The van der Waals surface area contributed by atoms with Crippen molar-refractivity contribution >= 4 is 9.84 Å². The van der Waals surface area contributed by atoms with Crippen molar-refractivity contribution in [3.05, 3.63) is 54.4 Å². The zero-order chi connectivity index (χ0) is 14.6. The zero-order valence-electron chi connectivity index (χ0n) is 11.3. The van der Waals surface area contributed by atoms with Gasteiger partial charge in [0.05, 0.1) is 12.0 Å². The van der Waals surface area contributed by atoms with Gasteiger partial charge in [0.1, 0.15) is 11.1 Å². The minimum Gasteiger partial charge on any atom is -0.497 e. The van der Waals surface area contributed by atoms with Crippen molar-refractivity contribution in [3.8, 4) is 5.75 Å². The highest BCUT2D eigenvalue weighted by molar-refractivity contribution is 7.91. The van der Waals surface area contributed by atoms with Crippen molar-refractivity contribution in [2.75, 3.05) is 14.2 Å². The summed E-state index contributed by atoms with van der Waals surface area (Å²) in [6, 6.07) is 9.77. The Hall–Kier alpha value is -1.92. The van der Waals surface area contributed by atoms with E-state index in [1.165, 1.54) is 19.2 Å². The second kappa shape index (κ2) is 6.02. The average molecular weight is 292 g/mol. The van der Waals surface area contributed by atoms with Gasteiger partial charge in [-0.15, -0.1) is 0 Å². The molecule has 2 aromatic rings. The van der Waals surface area contributed by atoms with Gasteiger partial charge in [-0.1, -0.05) is 6.07 Å². The fourth-order valence-electron chi connectivity index (χ4n) is 1.93. The molecule has 0 aliphatic rings. The van der Waals surface area contributed by atoms with Gasteiger partial charge in [-0.25, -0.2) is 8.42 Å². The maximum absolute atomic E-state index is 12.6. The molecule has 1 unspecified atom stereocenters. The van der Waals surface area contributed by atoms with E-state index >= 15 is 0 Å². The van der Waals surface area contributed by atoms with Crippen LogP contribution >= 0.6 is 0 Å². The predicted octanol–water partition coefficient (Wildman–Crippen LogP) is 1.78. The van der Waals surface area contributed by atoms with E-state index in [0.717, 1.165) is 0 Å². The smallest absolute Gasteiger partial charge is 0.198 e.